The van der Waals surface area contributed by atoms with Crippen molar-refractivity contribution < 1.29 is 0 Å². The average Bonchev–Trinajstić information content (AvgIpc) is 3.39. The molecule has 5 rings (SSSR count). The Morgan fingerprint density at radius 1 is 1.25 bits per heavy atom. The molecule has 1 saturated heterocycles. The van der Waals surface area contributed by atoms with E-state index in [0.29, 0.717) is 20.1 Å². The van der Waals surface area contributed by atoms with Crippen molar-refractivity contribution in [1.29, 1.82) is 5.26 Å². The highest BCUT2D eigenvalue weighted by molar-refractivity contribution is 7.16. The highest BCUT2D eigenvalue weighted by atomic mass is 35.5. The second kappa shape index (κ2) is 8.47. The molecule has 0 saturated carbocycles. The number of imidazole rings is 1. The molecular formula is C21H18Cl2N8S. The molecule has 0 amide bonds. The summed E-state index contributed by atoms with van der Waals surface area (Å²) >= 11 is 13.8. The van der Waals surface area contributed by atoms with E-state index in [2.05, 4.69) is 26.3 Å². The number of aromatic nitrogens is 4. The third-order valence-electron chi connectivity index (χ3n) is 5.36. The van der Waals surface area contributed by atoms with Crippen molar-refractivity contribution in [2.45, 2.75) is 18.9 Å². The van der Waals surface area contributed by atoms with E-state index in [1.54, 1.807) is 18.3 Å². The third kappa shape index (κ3) is 3.93. The van der Waals surface area contributed by atoms with Crippen molar-refractivity contribution >= 4 is 57.1 Å². The number of nitrogens with one attached hydrogen (secondary N) is 1. The van der Waals surface area contributed by atoms with Crippen molar-refractivity contribution in [1.82, 2.24) is 19.4 Å². The number of hydrogen-bond acceptors (Lipinski definition) is 8. The summed E-state index contributed by atoms with van der Waals surface area (Å²) in [6, 6.07) is 9.52. The lowest BCUT2D eigenvalue weighted by Crippen LogP contribution is -2.43. The van der Waals surface area contributed by atoms with Gasteiger partial charge < -0.3 is 16.0 Å². The van der Waals surface area contributed by atoms with Gasteiger partial charge in [0.25, 0.3) is 0 Å². The zero-order valence-electron chi connectivity index (χ0n) is 16.8. The topological polar surface area (TPSA) is 108 Å². The van der Waals surface area contributed by atoms with Crippen molar-refractivity contribution in [2.75, 3.05) is 29.0 Å². The van der Waals surface area contributed by atoms with Crippen LogP contribution in [0.5, 0.6) is 0 Å². The van der Waals surface area contributed by atoms with Gasteiger partial charge in [0.1, 0.15) is 16.6 Å². The highest BCUT2D eigenvalue weighted by Crippen LogP contribution is 2.32. The molecule has 0 bridgehead atoms. The maximum Gasteiger partial charge on any atom is 0.211 e. The average molecular weight is 485 g/mol. The zero-order chi connectivity index (χ0) is 22.2. The molecule has 4 heterocycles. The Kier molecular flexibility index (Phi) is 5.51. The minimum Gasteiger partial charge on any atom is -0.382 e. The summed E-state index contributed by atoms with van der Waals surface area (Å²) in [6.07, 6.45) is 5.62. The molecule has 1 aliphatic rings. The molecule has 8 nitrogen and oxygen atoms in total. The molecule has 0 radical (unpaired) electrons. The number of nitrogens with two attached hydrogens (primary N) is 1. The van der Waals surface area contributed by atoms with E-state index in [4.69, 9.17) is 39.2 Å². The van der Waals surface area contributed by atoms with Gasteiger partial charge in [0.05, 0.1) is 10.7 Å². The van der Waals surface area contributed by atoms with Crippen LogP contribution < -0.4 is 16.0 Å². The Labute approximate surface area is 198 Å². The number of hydrogen-bond donors (Lipinski definition) is 2. The molecule has 162 valence electrons. The van der Waals surface area contributed by atoms with Crippen LogP contribution in [0.1, 0.15) is 17.7 Å². The number of nitriles is 1. The largest absolute Gasteiger partial charge is 0.382 e. The fraction of sp³-hybridized carbons (Fsp3) is 0.238. The molecule has 32 heavy (non-hydrogen) atoms. The van der Waals surface area contributed by atoms with Crippen molar-refractivity contribution in [3.63, 3.8) is 0 Å². The molecule has 1 atom stereocenters. The molecule has 4 aromatic rings. The van der Waals surface area contributed by atoms with Gasteiger partial charge in [-0.1, -0.05) is 34.5 Å². The predicted octanol–water partition coefficient (Wildman–Crippen LogP) is 4.69. The SMILES string of the molecule is N#Cc1sc(NC2CCCN(c3nc(-c4ccc(Cl)cc4Cl)cc4nccn34)C2)nc1N. The quantitative estimate of drug-likeness (QED) is 0.432. The minimum atomic E-state index is 0.143. The van der Waals surface area contributed by atoms with E-state index in [-0.39, 0.29) is 11.9 Å². The first kappa shape index (κ1) is 20.8. The van der Waals surface area contributed by atoms with E-state index in [0.717, 1.165) is 48.8 Å². The number of thiazole rings is 1. The minimum absolute atomic E-state index is 0.143. The zero-order valence-corrected chi connectivity index (χ0v) is 19.1. The van der Waals surface area contributed by atoms with Crippen molar-refractivity contribution in [3.8, 4) is 17.3 Å². The van der Waals surface area contributed by atoms with Gasteiger partial charge in [-0.2, -0.15) is 5.26 Å². The molecule has 11 heteroatoms. The number of halogens is 2. The number of benzene rings is 1. The van der Waals surface area contributed by atoms with Crippen LogP contribution in [0.25, 0.3) is 16.9 Å². The first-order chi connectivity index (χ1) is 15.5. The molecule has 1 aromatic carbocycles. The normalized spacial score (nSPS) is 16.3. The number of anilines is 3. The van der Waals surface area contributed by atoms with Crippen LogP contribution in [0, 0.1) is 11.3 Å². The van der Waals surface area contributed by atoms with Crippen LogP contribution in [0.15, 0.2) is 36.7 Å². The summed E-state index contributed by atoms with van der Waals surface area (Å²) in [4.78, 5) is 16.3. The van der Waals surface area contributed by atoms with Crippen LogP contribution in [-0.2, 0) is 0 Å². The van der Waals surface area contributed by atoms with Crippen LogP contribution in [-0.4, -0.2) is 38.5 Å². The summed E-state index contributed by atoms with van der Waals surface area (Å²) < 4.78 is 1.98. The van der Waals surface area contributed by atoms with Crippen LogP contribution in [0.3, 0.4) is 0 Å². The Bertz CT molecular complexity index is 1340. The first-order valence-electron chi connectivity index (χ1n) is 9.99. The first-order valence-corrected chi connectivity index (χ1v) is 11.6. The van der Waals surface area contributed by atoms with Gasteiger partial charge >= 0.3 is 0 Å². The molecule has 1 unspecified atom stereocenters. The van der Waals surface area contributed by atoms with Crippen LogP contribution >= 0.6 is 34.5 Å². The Balaban J connectivity index is 1.46. The van der Waals surface area contributed by atoms with Gasteiger partial charge in [0.15, 0.2) is 10.9 Å². The third-order valence-corrected chi connectivity index (χ3v) is 6.82. The lowest BCUT2D eigenvalue weighted by molar-refractivity contribution is 0.521. The van der Waals surface area contributed by atoms with Gasteiger partial charge in [-0.15, -0.1) is 0 Å². The number of nitrogens with zero attached hydrogens (tertiary/aromatic N) is 6. The van der Waals surface area contributed by atoms with Gasteiger partial charge in [0.2, 0.25) is 5.95 Å². The van der Waals surface area contributed by atoms with E-state index in [9.17, 15) is 0 Å². The molecule has 3 N–H and O–H groups in total. The Hall–Kier alpha value is -3.06. The monoisotopic (exact) mass is 484 g/mol. The number of rotatable bonds is 4. The number of nitrogen functional groups attached to an aromatic ring is 1. The molecule has 1 aliphatic heterocycles. The van der Waals surface area contributed by atoms with Crippen LogP contribution in [0.2, 0.25) is 10.0 Å². The molecule has 0 spiro atoms. The van der Waals surface area contributed by atoms with E-state index in [1.165, 1.54) is 11.3 Å². The smallest absolute Gasteiger partial charge is 0.211 e. The number of fused-ring (bicyclic) bond motifs is 1. The Morgan fingerprint density at radius 3 is 2.91 bits per heavy atom. The number of piperidine rings is 1. The van der Waals surface area contributed by atoms with Gasteiger partial charge in [0, 0.05) is 48.2 Å². The summed E-state index contributed by atoms with van der Waals surface area (Å²) in [5.74, 6) is 1.06. The lowest BCUT2D eigenvalue weighted by Gasteiger charge is -2.34. The second-order valence-corrected chi connectivity index (χ2v) is 9.34. The standard InChI is InChI=1S/C21H18Cl2N8S/c22-12-3-4-14(15(23)8-12)16-9-18-26-5-7-31(18)21(28-16)30-6-1-2-13(11-30)27-20-29-19(25)17(10-24)32-20/h3-5,7-9,13H,1-2,6,11,25H2,(H,27,29). The fourth-order valence-electron chi connectivity index (χ4n) is 3.89. The molecular weight excluding hydrogens is 467 g/mol. The Morgan fingerprint density at radius 2 is 2.12 bits per heavy atom. The highest BCUT2D eigenvalue weighted by Gasteiger charge is 2.25. The maximum absolute atomic E-state index is 9.13. The van der Waals surface area contributed by atoms with Gasteiger partial charge in [-0.3, -0.25) is 4.40 Å². The lowest BCUT2D eigenvalue weighted by atomic mass is 10.1. The summed E-state index contributed by atoms with van der Waals surface area (Å²) in [7, 11) is 0. The predicted molar refractivity (Wildman–Crippen MR) is 129 cm³/mol. The molecule has 1 fully saturated rings. The summed E-state index contributed by atoms with van der Waals surface area (Å²) in [6.45, 7) is 1.58. The molecule has 3 aromatic heterocycles. The van der Waals surface area contributed by atoms with Crippen molar-refractivity contribution in [2.24, 2.45) is 0 Å². The summed E-state index contributed by atoms with van der Waals surface area (Å²) in [5.41, 5.74) is 8.14. The summed E-state index contributed by atoms with van der Waals surface area (Å²) in [5, 5.41) is 14.3. The second-order valence-electron chi connectivity index (χ2n) is 7.50. The van der Waals surface area contributed by atoms with Crippen LogP contribution in [0.4, 0.5) is 16.9 Å². The van der Waals surface area contributed by atoms with Gasteiger partial charge in [-0.05, 0) is 31.0 Å². The van der Waals surface area contributed by atoms with E-state index in [1.807, 2.05) is 22.7 Å². The molecule has 0 aliphatic carbocycles. The van der Waals surface area contributed by atoms with Gasteiger partial charge in [-0.25, -0.2) is 15.0 Å². The fourth-order valence-corrected chi connectivity index (χ4v) is 5.15. The maximum atomic E-state index is 9.13. The van der Waals surface area contributed by atoms with E-state index < -0.39 is 0 Å². The van der Waals surface area contributed by atoms with Crippen molar-refractivity contribution in [3.05, 3.63) is 51.6 Å². The van der Waals surface area contributed by atoms with E-state index >= 15 is 0 Å².